The third-order valence-electron chi connectivity index (χ3n) is 4.25. The Hall–Kier alpha value is -2.64. The molecule has 26 heavy (non-hydrogen) atoms. The van der Waals surface area contributed by atoms with Crippen molar-refractivity contribution in [3.05, 3.63) is 57.9 Å². The Bertz CT molecular complexity index is 1030. The second kappa shape index (κ2) is 6.26. The molecule has 0 spiro atoms. The number of hydrogen-bond acceptors (Lipinski definition) is 4. The first kappa shape index (κ1) is 16.8. The molecule has 0 atom stereocenters. The molecule has 0 fully saturated rings. The minimum absolute atomic E-state index is 0.0394. The maximum absolute atomic E-state index is 12.3. The smallest absolute Gasteiger partial charge is 0.283 e. The summed E-state index contributed by atoms with van der Waals surface area (Å²) in [6, 6.07) is 9.55. The molecule has 0 bridgehead atoms. The highest BCUT2D eigenvalue weighted by atomic mass is 35.5. The number of thioether (sulfide) groups is 1. The minimum Gasteiger partial charge on any atom is -0.318 e. The molecule has 1 amide bonds. The summed E-state index contributed by atoms with van der Waals surface area (Å²) in [5, 5.41) is 14.8. The number of aliphatic imine (C=N–C) groups is 1. The van der Waals surface area contributed by atoms with E-state index in [-0.39, 0.29) is 11.4 Å². The first-order valence-electron chi connectivity index (χ1n) is 7.83. The molecule has 2 aliphatic heterocycles. The number of nitrogens with zero attached hydrogens (tertiary/aromatic N) is 4. The van der Waals surface area contributed by atoms with Gasteiger partial charge in [-0.3, -0.25) is 10.2 Å². The van der Waals surface area contributed by atoms with Gasteiger partial charge >= 0.3 is 0 Å². The van der Waals surface area contributed by atoms with Gasteiger partial charge in [0.2, 0.25) is 0 Å². The number of halogens is 1. The average molecular weight is 384 g/mol. The van der Waals surface area contributed by atoms with E-state index in [1.807, 2.05) is 44.2 Å². The second-order valence-electron chi connectivity index (χ2n) is 5.89. The fraction of sp³-hybridized carbons (Fsp3) is 0.111. The summed E-state index contributed by atoms with van der Waals surface area (Å²) < 4.78 is 2.08. The summed E-state index contributed by atoms with van der Waals surface area (Å²) in [6.45, 7) is 3.97. The van der Waals surface area contributed by atoms with E-state index in [0.717, 1.165) is 22.6 Å². The molecule has 4 rings (SSSR count). The molecule has 1 aromatic carbocycles. The zero-order valence-corrected chi connectivity index (χ0v) is 15.6. The molecule has 1 aromatic heterocycles. The average Bonchev–Trinajstić information content (AvgIpc) is 3.17. The molecule has 0 saturated carbocycles. The lowest BCUT2D eigenvalue weighted by Crippen LogP contribution is -2.35. The molecule has 0 unspecified atom stereocenters. The Morgan fingerprint density at radius 3 is 2.69 bits per heavy atom. The van der Waals surface area contributed by atoms with Crippen LogP contribution < -0.4 is 0 Å². The van der Waals surface area contributed by atoms with Crippen LogP contribution in [-0.2, 0) is 4.79 Å². The van der Waals surface area contributed by atoms with E-state index in [0.29, 0.717) is 10.2 Å². The fourth-order valence-electron chi connectivity index (χ4n) is 3.01. The molecule has 2 aliphatic rings. The highest BCUT2D eigenvalue weighted by molar-refractivity contribution is 8.25. The standard InChI is InChI=1S/C18H14ClN5OS/c1-10-7-12(11(2)23(10)14-5-3-13(19)4-6-14)8-15-16(20)24-18(22-17(15)25)26-9-21-24/h3-9,20H,1-2H3/b15-8-,20-16?. The Kier molecular flexibility index (Phi) is 4.05. The van der Waals surface area contributed by atoms with Crippen molar-refractivity contribution in [2.24, 2.45) is 10.1 Å². The number of amidine groups is 2. The van der Waals surface area contributed by atoms with Crippen molar-refractivity contribution in [2.75, 3.05) is 0 Å². The number of aromatic nitrogens is 1. The summed E-state index contributed by atoms with van der Waals surface area (Å²) in [7, 11) is 0. The maximum Gasteiger partial charge on any atom is 0.283 e. The summed E-state index contributed by atoms with van der Waals surface area (Å²) in [5.74, 6) is -0.381. The van der Waals surface area contributed by atoms with E-state index in [1.54, 1.807) is 11.6 Å². The van der Waals surface area contributed by atoms with Crippen LogP contribution in [-0.4, -0.2) is 32.0 Å². The molecule has 130 valence electrons. The molecule has 1 N–H and O–H groups in total. The van der Waals surface area contributed by atoms with Crippen LogP contribution >= 0.6 is 23.4 Å². The normalized spacial score (nSPS) is 17.9. The van der Waals surface area contributed by atoms with Gasteiger partial charge in [-0.05, 0) is 67.6 Å². The molecule has 8 heteroatoms. The topological polar surface area (TPSA) is 73.8 Å². The molecule has 2 aromatic rings. The van der Waals surface area contributed by atoms with Crippen molar-refractivity contribution >= 4 is 51.9 Å². The molecule has 0 saturated heterocycles. The van der Waals surface area contributed by atoms with Crippen LogP contribution in [0.25, 0.3) is 11.8 Å². The van der Waals surface area contributed by atoms with Crippen LogP contribution in [0.15, 0.2) is 46.0 Å². The quantitative estimate of drug-likeness (QED) is 0.796. The summed E-state index contributed by atoms with van der Waals surface area (Å²) >= 11 is 7.21. The van der Waals surface area contributed by atoms with Crippen LogP contribution in [0.2, 0.25) is 5.02 Å². The van der Waals surface area contributed by atoms with Crippen molar-refractivity contribution in [3.8, 4) is 5.69 Å². The minimum atomic E-state index is -0.421. The van der Waals surface area contributed by atoms with Gasteiger partial charge in [0.05, 0.1) is 11.1 Å². The number of carbonyl (C=O) groups excluding carboxylic acids is 1. The number of amides is 1. The lowest BCUT2D eigenvalue weighted by molar-refractivity contribution is -0.114. The third kappa shape index (κ3) is 2.69. The van der Waals surface area contributed by atoms with Gasteiger partial charge in [0.1, 0.15) is 0 Å². The van der Waals surface area contributed by atoms with Gasteiger partial charge in [0, 0.05) is 22.1 Å². The highest BCUT2D eigenvalue weighted by Crippen LogP contribution is 2.28. The number of hydrogen-bond donors (Lipinski definition) is 1. The van der Waals surface area contributed by atoms with Gasteiger partial charge in [-0.2, -0.15) is 15.1 Å². The zero-order valence-electron chi connectivity index (χ0n) is 14.0. The number of nitrogens with one attached hydrogen (secondary N) is 1. The number of benzene rings is 1. The summed E-state index contributed by atoms with van der Waals surface area (Å²) in [6.07, 6.45) is 1.71. The van der Waals surface area contributed by atoms with Crippen molar-refractivity contribution in [1.82, 2.24) is 9.58 Å². The molecule has 0 radical (unpaired) electrons. The monoisotopic (exact) mass is 383 g/mol. The van der Waals surface area contributed by atoms with E-state index < -0.39 is 5.91 Å². The van der Waals surface area contributed by atoms with Crippen molar-refractivity contribution in [3.63, 3.8) is 0 Å². The van der Waals surface area contributed by atoms with E-state index in [4.69, 9.17) is 17.0 Å². The Morgan fingerprint density at radius 1 is 1.23 bits per heavy atom. The van der Waals surface area contributed by atoms with E-state index >= 15 is 0 Å². The Balaban J connectivity index is 1.78. The second-order valence-corrected chi connectivity index (χ2v) is 7.14. The predicted octanol–water partition coefficient (Wildman–Crippen LogP) is 4.00. The van der Waals surface area contributed by atoms with Gasteiger partial charge in [-0.25, -0.2) is 0 Å². The van der Waals surface area contributed by atoms with E-state index in [1.165, 1.54) is 16.8 Å². The summed E-state index contributed by atoms with van der Waals surface area (Å²) in [4.78, 5) is 16.4. The number of rotatable bonds is 2. The number of carbonyl (C=O) groups is 1. The number of fused-ring (bicyclic) bond motifs is 1. The van der Waals surface area contributed by atoms with Crippen molar-refractivity contribution in [1.29, 1.82) is 5.41 Å². The van der Waals surface area contributed by atoms with Crippen LogP contribution in [0, 0.1) is 19.3 Å². The highest BCUT2D eigenvalue weighted by Gasteiger charge is 2.32. The Labute approximate surface area is 159 Å². The van der Waals surface area contributed by atoms with Crippen LogP contribution in [0.3, 0.4) is 0 Å². The van der Waals surface area contributed by atoms with E-state index in [2.05, 4.69) is 14.7 Å². The van der Waals surface area contributed by atoms with Gasteiger partial charge in [-0.1, -0.05) is 11.6 Å². The first-order valence-corrected chi connectivity index (χ1v) is 9.09. The van der Waals surface area contributed by atoms with E-state index in [9.17, 15) is 4.79 Å². The zero-order chi connectivity index (χ0) is 18.4. The lowest BCUT2D eigenvalue weighted by atomic mass is 10.1. The molecule has 3 heterocycles. The maximum atomic E-state index is 12.3. The van der Waals surface area contributed by atoms with Gasteiger partial charge in [0.25, 0.3) is 5.91 Å². The number of aryl methyl sites for hydroxylation is 1. The van der Waals surface area contributed by atoms with Crippen molar-refractivity contribution < 1.29 is 4.79 Å². The van der Waals surface area contributed by atoms with Gasteiger partial charge in [0.15, 0.2) is 11.0 Å². The van der Waals surface area contributed by atoms with Crippen LogP contribution in [0.1, 0.15) is 17.0 Å². The Morgan fingerprint density at radius 2 is 1.96 bits per heavy atom. The number of hydrazone groups is 1. The molecule has 6 nitrogen and oxygen atoms in total. The third-order valence-corrected chi connectivity index (χ3v) is 5.18. The van der Waals surface area contributed by atoms with Crippen molar-refractivity contribution in [2.45, 2.75) is 13.8 Å². The largest absolute Gasteiger partial charge is 0.318 e. The predicted molar refractivity (Wildman–Crippen MR) is 106 cm³/mol. The van der Waals surface area contributed by atoms with Crippen LogP contribution in [0.4, 0.5) is 0 Å². The molecular weight excluding hydrogens is 370 g/mol. The SMILES string of the molecule is Cc1cc(/C=C2/C(=N)N3N=CSC3=NC2=O)c(C)n1-c1ccc(Cl)cc1. The van der Waals surface area contributed by atoms with Gasteiger partial charge < -0.3 is 4.57 Å². The molecular formula is C18H14ClN5OS. The summed E-state index contributed by atoms with van der Waals surface area (Å²) in [5.41, 5.74) is 5.62. The first-order chi connectivity index (χ1) is 12.5. The van der Waals surface area contributed by atoms with Crippen LogP contribution in [0.5, 0.6) is 0 Å². The lowest BCUT2D eigenvalue weighted by Gasteiger charge is -2.20. The van der Waals surface area contributed by atoms with Gasteiger partial charge in [-0.15, -0.1) is 0 Å². The fourth-order valence-corrected chi connectivity index (χ4v) is 3.75. The molecule has 0 aliphatic carbocycles.